The number of nitrogen functional groups attached to an aromatic ring is 1. The minimum absolute atomic E-state index is 0.0829. The second-order valence-corrected chi connectivity index (χ2v) is 7.52. The van der Waals surface area contributed by atoms with Gasteiger partial charge in [-0.05, 0) is 31.7 Å². The Hall–Kier alpha value is -2.62. The largest absolute Gasteiger partial charge is 0.431 e. The van der Waals surface area contributed by atoms with Crippen molar-refractivity contribution in [3.8, 4) is 17.0 Å². The van der Waals surface area contributed by atoms with Crippen LogP contribution in [0.3, 0.4) is 0 Å². The summed E-state index contributed by atoms with van der Waals surface area (Å²) >= 11 is 0. The van der Waals surface area contributed by atoms with E-state index in [1.807, 2.05) is 0 Å². The third kappa shape index (κ3) is 4.75. The summed E-state index contributed by atoms with van der Waals surface area (Å²) in [6.07, 6.45) is 3.00. The highest BCUT2D eigenvalue weighted by atomic mass is 19.3. The minimum Gasteiger partial charge on any atom is -0.431 e. The Labute approximate surface area is 172 Å². The molecule has 1 unspecified atom stereocenters. The van der Waals surface area contributed by atoms with E-state index in [1.165, 1.54) is 12.3 Å². The molecule has 1 aliphatic carbocycles. The lowest BCUT2D eigenvalue weighted by atomic mass is 10.1. The van der Waals surface area contributed by atoms with Crippen LogP contribution in [0.25, 0.3) is 11.3 Å². The van der Waals surface area contributed by atoms with E-state index in [0.717, 1.165) is 13.0 Å². The first-order valence-electron chi connectivity index (χ1n) is 10.1. The average molecular weight is 423 g/mol. The molecule has 1 aliphatic heterocycles. The van der Waals surface area contributed by atoms with Crippen molar-refractivity contribution in [3.63, 3.8) is 0 Å². The molecule has 2 fully saturated rings. The van der Waals surface area contributed by atoms with Crippen LogP contribution < -0.4 is 15.4 Å². The molecule has 7 nitrogen and oxygen atoms in total. The van der Waals surface area contributed by atoms with Crippen LogP contribution in [0.2, 0.25) is 0 Å². The molecule has 2 aliphatic rings. The molecule has 3 heterocycles. The smallest absolute Gasteiger partial charge is 0.387 e. The van der Waals surface area contributed by atoms with Crippen LogP contribution in [0.15, 0.2) is 18.3 Å². The second kappa shape index (κ2) is 9.03. The number of rotatable bonds is 5. The Bertz CT molecular complexity index is 878. The zero-order valence-electron chi connectivity index (χ0n) is 16.4. The van der Waals surface area contributed by atoms with Crippen LogP contribution in [0, 0.1) is 0 Å². The molecule has 0 spiro atoms. The third-order valence-electron chi connectivity index (χ3n) is 5.40. The van der Waals surface area contributed by atoms with Crippen LogP contribution in [0.4, 0.5) is 24.8 Å². The highest BCUT2D eigenvalue weighted by Gasteiger charge is 2.29. The quantitative estimate of drug-likeness (QED) is 0.787. The number of hydrogen-bond acceptors (Lipinski definition) is 7. The zero-order chi connectivity index (χ0) is 21.1. The van der Waals surface area contributed by atoms with Gasteiger partial charge in [-0.15, -0.1) is 0 Å². The third-order valence-corrected chi connectivity index (χ3v) is 5.40. The van der Waals surface area contributed by atoms with Crippen molar-refractivity contribution in [1.82, 2.24) is 15.0 Å². The van der Waals surface area contributed by atoms with Gasteiger partial charge in [-0.1, -0.05) is 0 Å². The van der Waals surface area contributed by atoms with Crippen LogP contribution in [0.1, 0.15) is 37.4 Å². The minimum atomic E-state index is -3.02. The van der Waals surface area contributed by atoms with Crippen LogP contribution in [-0.2, 0) is 4.74 Å². The van der Waals surface area contributed by atoms with Crippen molar-refractivity contribution in [2.45, 2.75) is 44.4 Å². The van der Waals surface area contributed by atoms with E-state index >= 15 is 0 Å². The topological polar surface area (TPSA) is 86.4 Å². The first kappa shape index (κ1) is 20.6. The molecule has 0 amide bonds. The van der Waals surface area contributed by atoms with Crippen molar-refractivity contribution in [2.75, 3.05) is 36.9 Å². The average Bonchev–Trinajstić information content (AvgIpc) is 2.98. The molecule has 2 atom stereocenters. The summed E-state index contributed by atoms with van der Waals surface area (Å²) in [5.74, 6) is 0.837. The van der Waals surface area contributed by atoms with Crippen LogP contribution >= 0.6 is 0 Å². The van der Waals surface area contributed by atoms with Gasteiger partial charge in [0.15, 0.2) is 11.6 Å². The summed E-state index contributed by atoms with van der Waals surface area (Å²) in [6.45, 7) is -0.305. The number of hydrogen-bond donors (Lipinski definition) is 1. The molecule has 162 valence electrons. The number of alkyl halides is 3. The normalized spacial score (nSPS) is 22.3. The maximum atomic E-state index is 13.8. The van der Waals surface area contributed by atoms with Gasteiger partial charge >= 0.3 is 6.61 Å². The summed E-state index contributed by atoms with van der Waals surface area (Å²) in [6, 6.07) is 3.18. The Kier molecular flexibility index (Phi) is 6.21. The van der Waals surface area contributed by atoms with Crippen molar-refractivity contribution in [1.29, 1.82) is 0 Å². The fourth-order valence-corrected chi connectivity index (χ4v) is 3.87. The highest BCUT2D eigenvalue weighted by Crippen LogP contribution is 2.37. The summed E-state index contributed by atoms with van der Waals surface area (Å²) in [5, 5.41) is 0. The van der Waals surface area contributed by atoms with E-state index in [9.17, 15) is 13.2 Å². The van der Waals surface area contributed by atoms with E-state index in [2.05, 4.69) is 19.6 Å². The fourth-order valence-electron chi connectivity index (χ4n) is 3.87. The Morgan fingerprint density at radius 3 is 2.80 bits per heavy atom. The molecule has 10 heteroatoms. The van der Waals surface area contributed by atoms with Crippen molar-refractivity contribution < 1.29 is 22.6 Å². The van der Waals surface area contributed by atoms with E-state index in [-0.39, 0.29) is 17.5 Å². The molecule has 1 saturated carbocycles. The maximum Gasteiger partial charge on any atom is 0.387 e. The summed E-state index contributed by atoms with van der Waals surface area (Å²) in [4.78, 5) is 15.4. The van der Waals surface area contributed by atoms with Gasteiger partial charge in [0.25, 0.3) is 0 Å². The lowest BCUT2D eigenvalue weighted by Gasteiger charge is -2.23. The summed E-state index contributed by atoms with van der Waals surface area (Å²) in [7, 11) is 0. The first-order valence-corrected chi connectivity index (χ1v) is 10.1. The number of pyridine rings is 1. The molecule has 0 radical (unpaired) electrons. The van der Waals surface area contributed by atoms with Crippen molar-refractivity contribution >= 4 is 11.6 Å². The maximum absolute atomic E-state index is 13.8. The standard InChI is InChI=1S/C20H24F3N5O2/c21-14-3-2-12(8-14)19-26-15(10-17(27-19)28-4-1-6-29-7-5-28)13-9-16(30-20(22)23)18(24)25-11-13/h9-12,14,20H,1-8H2,(H2,24,25)/t12?,14-/m1/s1. The highest BCUT2D eigenvalue weighted by molar-refractivity contribution is 5.66. The van der Waals surface area contributed by atoms with Gasteiger partial charge in [0.1, 0.15) is 17.8 Å². The molecule has 30 heavy (non-hydrogen) atoms. The van der Waals surface area contributed by atoms with Crippen molar-refractivity contribution in [2.24, 2.45) is 0 Å². The molecule has 0 aromatic carbocycles. The van der Waals surface area contributed by atoms with Gasteiger partial charge in [-0.3, -0.25) is 0 Å². The molecular formula is C20H24F3N5O2. The zero-order valence-corrected chi connectivity index (χ0v) is 16.4. The van der Waals surface area contributed by atoms with E-state index in [1.54, 1.807) is 6.07 Å². The van der Waals surface area contributed by atoms with Gasteiger partial charge in [0.05, 0.1) is 12.3 Å². The number of ether oxygens (including phenoxy) is 2. The molecule has 2 aromatic rings. The molecular weight excluding hydrogens is 399 g/mol. The number of nitrogens with zero attached hydrogens (tertiary/aromatic N) is 4. The first-order chi connectivity index (χ1) is 14.5. The number of anilines is 2. The molecule has 2 N–H and O–H groups in total. The molecule has 4 rings (SSSR count). The second-order valence-electron chi connectivity index (χ2n) is 7.52. The Morgan fingerprint density at radius 1 is 1.17 bits per heavy atom. The lowest BCUT2D eigenvalue weighted by Crippen LogP contribution is -2.27. The van der Waals surface area contributed by atoms with E-state index < -0.39 is 12.8 Å². The number of halogens is 3. The molecule has 0 bridgehead atoms. The monoisotopic (exact) mass is 423 g/mol. The number of aromatic nitrogens is 3. The van der Waals surface area contributed by atoms with Crippen molar-refractivity contribution in [3.05, 3.63) is 24.2 Å². The molecule has 2 aromatic heterocycles. The van der Waals surface area contributed by atoms with Crippen LogP contribution in [0.5, 0.6) is 5.75 Å². The van der Waals surface area contributed by atoms with Gasteiger partial charge in [-0.25, -0.2) is 19.3 Å². The van der Waals surface area contributed by atoms with Crippen LogP contribution in [-0.4, -0.2) is 54.0 Å². The SMILES string of the molecule is Nc1ncc(-c2cc(N3CCCOCC3)nc(C3CC[C@@H](F)C3)n2)cc1OC(F)F. The van der Waals surface area contributed by atoms with Gasteiger partial charge in [0.2, 0.25) is 0 Å². The lowest BCUT2D eigenvalue weighted by molar-refractivity contribution is -0.0494. The number of nitrogens with two attached hydrogens (primary N) is 1. The van der Waals surface area contributed by atoms with Gasteiger partial charge in [0, 0.05) is 43.4 Å². The summed E-state index contributed by atoms with van der Waals surface area (Å²) in [5.41, 5.74) is 6.64. The van der Waals surface area contributed by atoms with E-state index in [0.29, 0.717) is 61.9 Å². The van der Waals surface area contributed by atoms with E-state index in [4.69, 9.17) is 15.5 Å². The molecule has 1 saturated heterocycles. The predicted molar refractivity (Wildman–Crippen MR) is 105 cm³/mol. The van der Waals surface area contributed by atoms with Gasteiger partial charge < -0.3 is 20.1 Å². The predicted octanol–water partition coefficient (Wildman–Crippen LogP) is 3.55. The Balaban J connectivity index is 1.73. The Morgan fingerprint density at radius 2 is 2.03 bits per heavy atom. The van der Waals surface area contributed by atoms with Gasteiger partial charge in [-0.2, -0.15) is 8.78 Å². The summed E-state index contributed by atoms with van der Waals surface area (Å²) < 4.78 is 49.2. The fraction of sp³-hybridized carbons (Fsp3) is 0.550.